The fourth-order valence-electron chi connectivity index (χ4n) is 2.72. The van der Waals surface area contributed by atoms with E-state index in [-0.39, 0.29) is 16.9 Å². The highest BCUT2D eigenvalue weighted by Gasteiger charge is 2.38. The van der Waals surface area contributed by atoms with Gasteiger partial charge in [-0.2, -0.15) is 0 Å². The average Bonchev–Trinajstić information content (AvgIpc) is 3.26. The van der Waals surface area contributed by atoms with Crippen molar-refractivity contribution in [2.75, 3.05) is 5.75 Å². The summed E-state index contributed by atoms with van der Waals surface area (Å²) in [7, 11) is 0. The molecule has 0 aliphatic carbocycles. The number of aromatic nitrogens is 2. The minimum atomic E-state index is -0.736. The van der Waals surface area contributed by atoms with E-state index in [0.717, 1.165) is 17.4 Å². The fraction of sp³-hybridized carbons (Fsp3) is 0.0526. The number of amides is 2. The van der Waals surface area contributed by atoms with Crippen molar-refractivity contribution < 1.29 is 19.2 Å². The van der Waals surface area contributed by atoms with E-state index in [1.54, 1.807) is 41.2 Å². The molecule has 2 aromatic carbocycles. The number of halogens is 1. The zero-order chi connectivity index (χ0) is 19.7. The summed E-state index contributed by atoms with van der Waals surface area (Å²) in [5.74, 6) is -2.18. The zero-order valence-electron chi connectivity index (χ0n) is 14.2. The van der Waals surface area contributed by atoms with E-state index >= 15 is 0 Å². The summed E-state index contributed by atoms with van der Waals surface area (Å²) < 4.78 is 1.77. The Morgan fingerprint density at radius 1 is 1.07 bits per heavy atom. The molecule has 0 unspecified atom stereocenters. The predicted molar refractivity (Wildman–Crippen MR) is 102 cm³/mol. The van der Waals surface area contributed by atoms with Crippen LogP contribution in [0.3, 0.4) is 0 Å². The van der Waals surface area contributed by atoms with E-state index in [4.69, 9.17) is 16.4 Å². The number of nitrogens with zero attached hydrogens (tertiary/aromatic N) is 3. The van der Waals surface area contributed by atoms with Gasteiger partial charge < -0.3 is 4.84 Å². The summed E-state index contributed by atoms with van der Waals surface area (Å²) in [6, 6.07) is 13.5. The molecule has 3 aromatic rings. The summed E-state index contributed by atoms with van der Waals surface area (Å²) in [5, 5.41) is 1.62. The molecule has 0 fully saturated rings. The van der Waals surface area contributed by atoms with Crippen molar-refractivity contribution in [2.45, 2.75) is 5.16 Å². The molecule has 9 heteroatoms. The summed E-state index contributed by atoms with van der Waals surface area (Å²) in [5.41, 5.74) is 1.22. The van der Waals surface area contributed by atoms with Gasteiger partial charge in [-0.25, -0.2) is 9.78 Å². The van der Waals surface area contributed by atoms with Crippen LogP contribution < -0.4 is 0 Å². The second-order valence-electron chi connectivity index (χ2n) is 5.76. The maximum Gasteiger partial charge on any atom is 0.343 e. The topological polar surface area (TPSA) is 81.5 Å². The molecule has 0 atom stereocenters. The molecule has 1 aliphatic heterocycles. The van der Waals surface area contributed by atoms with Gasteiger partial charge in [0.15, 0.2) is 5.16 Å². The molecule has 2 heterocycles. The molecule has 0 saturated heterocycles. The number of hydrogen-bond acceptors (Lipinski definition) is 6. The molecule has 4 rings (SSSR count). The number of thioether (sulfide) groups is 1. The van der Waals surface area contributed by atoms with Gasteiger partial charge >= 0.3 is 5.97 Å². The number of benzene rings is 2. The normalized spacial score (nSPS) is 13.0. The predicted octanol–water partition coefficient (Wildman–Crippen LogP) is 3.37. The Balaban J connectivity index is 1.42. The standard InChI is InChI=1S/C19H12ClN3O4S/c20-12-4-3-5-13(10-12)22-9-8-21-19(22)28-11-16(24)27-23-17(25)14-6-1-2-7-15(14)18(23)26/h1-10H,11H2. The van der Waals surface area contributed by atoms with E-state index in [1.807, 2.05) is 12.1 Å². The van der Waals surface area contributed by atoms with E-state index in [1.165, 1.54) is 12.1 Å². The van der Waals surface area contributed by atoms with Crippen LogP contribution in [0.2, 0.25) is 5.02 Å². The molecule has 140 valence electrons. The molecule has 0 spiro atoms. The van der Waals surface area contributed by atoms with E-state index < -0.39 is 17.8 Å². The maximum absolute atomic E-state index is 12.2. The SMILES string of the molecule is O=C(CSc1nccn1-c1cccc(Cl)c1)ON1C(=O)c2ccccc2C1=O. The third kappa shape index (κ3) is 3.39. The second kappa shape index (κ2) is 7.49. The number of hydroxylamine groups is 2. The van der Waals surface area contributed by atoms with Crippen LogP contribution in [0.1, 0.15) is 20.7 Å². The molecule has 0 radical (unpaired) electrons. The first-order valence-electron chi connectivity index (χ1n) is 8.15. The summed E-state index contributed by atoms with van der Waals surface area (Å²) in [6.45, 7) is 0. The zero-order valence-corrected chi connectivity index (χ0v) is 15.8. The lowest BCUT2D eigenvalue weighted by Gasteiger charge is -2.12. The Bertz CT molecular complexity index is 1060. The molecule has 28 heavy (non-hydrogen) atoms. The van der Waals surface area contributed by atoms with E-state index in [2.05, 4.69) is 4.98 Å². The number of hydrogen-bond donors (Lipinski definition) is 0. The summed E-state index contributed by atoms with van der Waals surface area (Å²) >= 11 is 7.14. The van der Waals surface area contributed by atoms with E-state index in [9.17, 15) is 14.4 Å². The van der Waals surface area contributed by atoms with Crippen LogP contribution in [-0.4, -0.2) is 38.2 Å². The molecule has 7 nitrogen and oxygen atoms in total. The highest BCUT2D eigenvalue weighted by Crippen LogP contribution is 2.25. The van der Waals surface area contributed by atoms with Crippen molar-refractivity contribution in [3.05, 3.63) is 77.1 Å². The van der Waals surface area contributed by atoms with Crippen molar-refractivity contribution in [1.29, 1.82) is 0 Å². The van der Waals surface area contributed by atoms with Crippen LogP contribution in [0, 0.1) is 0 Å². The van der Waals surface area contributed by atoms with Crippen molar-refractivity contribution in [3.63, 3.8) is 0 Å². The smallest absolute Gasteiger partial charge is 0.329 e. The minimum absolute atomic E-state index is 0.134. The summed E-state index contributed by atoms with van der Waals surface area (Å²) in [4.78, 5) is 45.9. The molecule has 0 N–H and O–H groups in total. The Morgan fingerprint density at radius 2 is 1.79 bits per heavy atom. The molecular weight excluding hydrogens is 402 g/mol. The molecule has 0 saturated carbocycles. The largest absolute Gasteiger partial charge is 0.343 e. The Morgan fingerprint density at radius 3 is 2.46 bits per heavy atom. The van der Waals surface area contributed by atoms with E-state index in [0.29, 0.717) is 15.2 Å². The van der Waals surface area contributed by atoms with Gasteiger partial charge in [-0.15, -0.1) is 0 Å². The third-order valence-electron chi connectivity index (χ3n) is 3.96. The van der Waals surface area contributed by atoms with Crippen LogP contribution in [0.5, 0.6) is 0 Å². The quantitative estimate of drug-likeness (QED) is 0.471. The lowest BCUT2D eigenvalue weighted by atomic mass is 10.1. The van der Waals surface area contributed by atoms with Crippen molar-refractivity contribution >= 4 is 41.1 Å². The van der Waals surface area contributed by atoms with Gasteiger partial charge in [0.1, 0.15) is 5.75 Å². The number of fused-ring (bicyclic) bond motifs is 1. The first-order valence-corrected chi connectivity index (χ1v) is 9.51. The lowest BCUT2D eigenvalue weighted by Crippen LogP contribution is -2.33. The molecule has 1 aliphatic rings. The monoisotopic (exact) mass is 413 g/mol. The molecule has 2 amide bonds. The molecule has 0 bridgehead atoms. The van der Waals surface area contributed by atoms with Gasteiger partial charge in [0, 0.05) is 23.1 Å². The van der Waals surface area contributed by atoms with Crippen LogP contribution in [0.4, 0.5) is 0 Å². The first kappa shape index (κ1) is 18.3. The number of carbonyl (C=O) groups excluding carboxylic acids is 3. The van der Waals surface area contributed by atoms with Crippen molar-refractivity contribution in [2.24, 2.45) is 0 Å². The third-order valence-corrected chi connectivity index (χ3v) is 5.14. The second-order valence-corrected chi connectivity index (χ2v) is 7.14. The average molecular weight is 414 g/mol. The van der Waals surface area contributed by atoms with Gasteiger partial charge in [-0.1, -0.05) is 46.6 Å². The lowest BCUT2D eigenvalue weighted by molar-refractivity contribution is -0.165. The number of imidazole rings is 1. The number of carbonyl (C=O) groups is 3. The van der Waals surface area contributed by atoms with Crippen molar-refractivity contribution in [1.82, 2.24) is 14.6 Å². The Hall–Kier alpha value is -3.10. The van der Waals surface area contributed by atoms with Crippen LogP contribution in [0.15, 0.2) is 66.1 Å². The highest BCUT2D eigenvalue weighted by atomic mass is 35.5. The maximum atomic E-state index is 12.2. The van der Waals surface area contributed by atoms with Crippen LogP contribution in [0.25, 0.3) is 5.69 Å². The fourth-order valence-corrected chi connectivity index (χ4v) is 3.65. The minimum Gasteiger partial charge on any atom is -0.329 e. The Labute approximate surface area is 168 Å². The van der Waals surface area contributed by atoms with Gasteiger partial charge in [0.25, 0.3) is 11.8 Å². The number of imide groups is 1. The van der Waals surface area contributed by atoms with Gasteiger partial charge in [0.2, 0.25) is 0 Å². The summed E-state index contributed by atoms with van der Waals surface area (Å²) in [6.07, 6.45) is 3.34. The van der Waals surface area contributed by atoms with Gasteiger partial charge in [-0.05, 0) is 30.3 Å². The van der Waals surface area contributed by atoms with Crippen LogP contribution in [-0.2, 0) is 9.63 Å². The van der Waals surface area contributed by atoms with Gasteiger partial charge in [-0.3, -0.25) is 14.2 Å². The highest BCUT2D eigenvalue weighted by molar-refractivity contribution is 7.99. The molecule has 1 aromatic heterocycles. The van der Waals surface area contributed by atoms with Crippen LogP contribution >= 0.6 is 23.4 Å². The number of rotatable bonds is 5. The van der Waals surface area contributed by atoms with Gasteiger partial charge in [0.05, 0.1) is 11.1 Å². The van der Waals surface area contributed by atoms with Crippen molar-refractivity contribution in [3.8, 4) is 5.69 Å². The first-order chi connectivity index (χ1) is 13.5. The molecular formula is C19H12ClN3O4S. The Kier molecular flexibility index (Phi) is 4.89.